The Bertz CT molecular complexity index is 315. The van der Waals surface area contributed by atoms with E-state index in [0.717, 1.165) is 13.8 Å². The molecule has 0 radical (unpaired) electrons. The number of carbonyl (C=O) groups excluding carboxylic acids is 3. The highest BCUT2D eigenvalue weighted by Gasteiger charge is 2.46. The Hall–Kier alpha value is -0.380. The number of hydrogen-bond donors (Lipinski definition) is 3. The van der Waals surface area contributed by atoms with Crippen LogP contribution < -0.4 is 0 Å². The van der Waals surface area contributed by atoms with Gasteiger partial charge in [-0.15, -0.1) is 0 Å². The normalized spacial score (nSPS) is 18.4. The van der Waals surface area contributed by atoms with E-state index in [1.54, 1.807) is 0 Å². The van der Waals surface area contributed by atoms with Gasteiger partial charge in [-0.2, -0.15) is 0 Å². The molecule has 0 aromatic heterocycles. The SMILES string of the molecule is CC(=O)C(O)[C@@H](O)[C@@](O)(CC(=O)I)C(C)=O. The zero-order valence-electron chi connectivity index (χ0n) is 8.81. The van der Waals surface area contributed by atoms with Crippen LogP contribution in [0.25, 0.3) is 0 Å². The van der Waals surface area contributed by atoms with E-state index in [-0.39, 0.29) is 0 Å². The molecule has 16 heavy (non-hydrogen) atoms. The van der Waals surface area contributed by atoms with E-state index in [1.807, 2.05) is 0 Å². The van der Waals surface area contributed by atoms with Crippen molar-refractivity contribution in [3.8, 4) is 0 Å². The lowest BCUT2D eigenvalue weighted by atomic mass is 9.85. The van der Waals surface area contributed by atoms with Crippen LogP contribution in [0.3, 0.4) is 0 Å². The molecule has 0 aliphatic carbocycles. The average molecular weight is 344 g/mol. The predicted octanol–water partition coefficient (Wildman–Crippen LogP) is -1.03. The number of carbonyl (C=O) groups is 3. The summed E-state index contributed by atoms with van der Waals surface area (Å²) < 4.78 is -0.565. The van der Waals surface area contributed by atoms with Crippen molar-refractivity contribution in [2.24, 2.45) is 0 Å². The summed E-state index contributed by atoms with van der Waals surface area (Å²) in [6.07, 6.45) is -4.57. The smallest absolute Gasteiger partial charge is 0.195 e. The van der Waals surface area contributed by atoms with Gasteiger partial charge in [0.2, 0.25) is 0 Å². The molecule has 0 heterocycles. The molecule has 7 heteroatoms. The summed E-state index contributed by atoms with van der Waals surface area (Å²) in [4.78, 5) is 32.9. The Morgan fingerprint density at radius 3 is 1.94 bits per heavy atom. The Labute approximate surface area is 106 Å². The fourth-order valence-corrected chi connectivity index (χ4v) is 1.71. The van der Waals surface area contributed by atoms with Crippen molar-refractivity contribution in [3.63, 3.8) is 0 Å². The molecule has 3 atom stereocenters. The van der Waals surface area contributed by atoms with Gasteiger partial charge in [0.1, 0.15) is 12.2 Å². The Morgan fingerprint density at radius 1 is 1.25 bits per heavy atom. The molecular weight excluding hydrogens is 331 g/mol. The first-order valence-electron chi connectivity index (χ1n) is 4.41. The quantitative estimate of drug-likeness (QED) is 0.420. The second-order valence-corrected chi connectivity index (χ2v) is 4.72. The van der Waals surface area contributed by atoms with Crippen LogP contribution in [0, 0.1) is 0 Å². The molecule has 0 fully saturated rings. The highest BCUT2D eigenvalue weighted by Crippen LogP contribution is 2.22. The van der Waals surface area contributed by atoms with E-state index in [2.05, 4.69) is 0 Å². The monoisotopic (exact) mass is 344 g/mol. The number of Topliss-reactive ketones (excluding diaryl/α,β-unsaturated/α-hetero) is 2. The van der Waals surface area contributed by atoms with Gasteiger partial charge in [0, 0.05) is 0 Å². The van der Waals surface area contributed by atoms with Gasteiger partial charge >= 0.3 is 0 Å². The highest BCUT2D eigenvalue weighted by molar-refractivity contribution is 14.1. The van der Waals surface area contributed by atoms with Crippen LogP contribution >= 0.6 is 22.6 Å². The molecule has 0 bridgehead atoms. The fraction of sp³-hybridized carbons (Fsp3) is 0.667. The second-order valence-electron chi connectivity index (χ2n) is 3.51. The maximum Gasteiger partial charge on any atom is 0.195 e. The van der Waals surface area contributed by atoms with Gasteiger partial charge < -0.3 is 15.3 Å². The van der Waals surface area contributed by atoms with Crippen molar-refractivity contribution in [3.05, 3.63) is 0 Å². The van der Waals surface area contributed by atoms with Crippen molar-refractivity contribution in [1.82, 2.24) is 0 Å². The minimum absolute atomic E-state index is 0.565. The molecule has 0 aliphatic heterocycles. The third kappa shape index (κ3) is 3.58. The molecule has 0 rings (SSSR count). The van der Waals surface area contributed by atoms with E-state index in [4.69, 9.17) is 0 Å². The van der Waals surface area contributed by atoms with Crippen molar-refractivity contribution >= 4 is 37.9 Å². The Kier molecular flexibility index (Phi) is 5.66. The van der Waals surface area contributed by atoms with Gasteiger partial charge in [-0.05, 0) is 36.4 Å². The van der Waals surface area contributed by atoms with Crippen LogP contribution in [0.5, 0.6) is 0 Å². The molecule has 0 aromatic carbocycles. The summed E-state index contributed by atoms with van der Waals surface area (Å²) in [5, 5.41) is 28.6. The van der Waals surface area contributed by atoms with E-state index >= 15 is 0 Å². The van der Waals surface area contributed by atoms with Crippen LogP contribution in [0.4, 0.5) is 0 Å². The zero-order chi connectivity index (χ0) is 13.1. The molecule has 0 amide bonds. The summed E-state index contributed by atoms with van der Waals surface area (Å²) in [6.45, 7) is 1.97. The average Bonchev–Trinajstić information content (AvgIpc) is 2.13. The lowest BCUT2D eigenvalue weighted by molar-refractivity contribution is -0.167. The third-order valence-electron chi connectivity index (χ3n) is 2.22. The number of aliphatic hydroxyl groups excluding tert-OH is 2. The Morgan fingerprint density at radius 2 is 1.69 bits per heavy atom. The van der Waals surface area contributed by atoms with Gasteiger partial charge in [-0.3, -0.25) is 14.4 Å². The van der Waals surface area contributed by atoms with Crippen LogP contribution in [0.15, 0.2) is 0 Å². The van der Waals surface area contributed by atoms with Gasteiger partial charge in [0.25, 0.3) is 0 Å². The first kappa shape index (κ1) is 15.6. The van der Waals surface area contributed by atoms with Gasteiger partial charge in [0.05, 0.1) is 6.42 Å². The maximum atomic E-state index is 11.2. The number of rotatable bonds is 6. The van der Waals surface area contributed by atoms with Crippen LogP contribution in [-0.4, -0.2) is 48.5 Å². The number of ketones is 2. The molecule has 0 aliphatic rings. The molecule has 3 N–H and O–H groups in total. The topological polar surface area (TPSA) is 112 Å². The lowest BCUT2D eigenvalue weighted by Gasteiger charge is -2.31. The van der Waals surface area contributed by atoms with E-state index in [1.165, 1.54) is 22.6 Å². The summed E-state index contributed by atoms with van der Waals surface area (Å²) in [5.74, 6) is -1.68. The fourth-order valence-electron chi connectivity index (χ4n) is 1.13. The molecule has 6 nitrogen and oxygen atoms in total. The number of hydrogen-bond acceptors (Lipinski definition) is 6. The van der Waals surface area contributed by atoms with E-state index < -0.39 is 39.6 Å². The van der Waals surface area contributed by atoms with Gasteiger partial charge in [-0.25, -0.2) is 0 Å². The summed E-state index contributed by atoms with van der Waals surface area (Å²) in [7, 11) is 0. The van der Waals surface area contributed by atoms with Crippen LogP contribution in [0.2, 0.25) is 0 Å². The molecule has 0 saturated carbocycles. The van der Waals surface area contributed by atoms with Gasteiger partial charge in [0.15, 0.2) is 21.0 Å². The van der Waals surface area contributed by atoms with E-state index in [9.17, 15) is 29.7 Å². The molecule has 0 spiro atoms. The van der Waals surface area contributed by atoms with Crippen LogP contribution in [-0.2, 0) is 14.4 Å². The van der Waals surface area contributed by atoms with Crippen molar-refractivity contribution < 1.29 is 29.7 Å². The largest absolute Gasteiger partial charge is 0.386 e. The van der Waals surface area contributed by atoms with Crippen LogP contribution in [0.1, 0.15) is 20.3 Å². The van der Waals surface area contributed by atoms with Crippen molar-refractivity contribution in [2.75, 3.05) is 0 Å². The lowest BCUT2D eigenvalue weighted by Crippen LogP contribution is -2.56. The summed E-state index contributed by atoms with van der Waals surface area (Å²) in [6, 6.07) is 0. The Balaban J connectivity index is 5.12. The first-order valence-corrected chi connectivity index (χ1v) is 5.49. The molecule has 92 valence electrons. The van der Waals surface area contributed by atoms with Gasteiger partial charge in [-0.1, -0.05) is 0 Å². The predicted molar refractivity (Wildman–Crippen MR) is 62.0 cm³/mol. The minimum atomic E-state index is -2.43. The second kappa shape index (κ2) is 5.80. The highest BCUT2D eigenvalue weighted by atomic mass is 127. The third-order valence-corrected chi connectivity index (χ3v) is 2.60. The molecule has 0 aromatic rings. The molecule has 1 unspecified atom stereocenters. The number of halogens is 1. The number of aliphatic hydroxyl groups is 3. The molecule has 0 saturated heterocycles. The van der Waals surface area contributed by atoms with Crippen molar-refractivity contribution in [1.29, 1.82) is 0 Å². The summed E-state index contributed by atoms with van der Waals surface area (Å²) in [5.41, 5.74) is -2.43. The summed E-state index contributed by atoms with van der Waals surface area (Å²) >= 11 is 1.35. The standard InChI is InChI=1S/C9H13IO6/c1-4(11)7(14)8(15)9(16,5(2)12)3-6(10)13/h7-8,14-16H,3H2,1-2H3/t7?,8-,9-/m1/s1. The zero-order valence-corrected chi connectivity index (χ0v) is 11.0. The first-order chi connectivity index (χ1) is 7.12. The van der Waals surface area contributed by atoms with E-state index in [0.29, 0.717) is 0 Å². The van der Waals surface area contributed by atoms with Crippen molar-refractivity contribution in [2.45, 2.75) is 38.1 Å². The molecular formula is C9H13IO6. The minimum Gasteiger partial charge on any atom is -0.386 e. The maximum absolute atomic E-state index is 11.2.